The summed E-state index contributed by atoms with van der Waals surface area (Å²) < 4.78 is 11.5. The maximum Gasteiger partial charge on any atom is 0.167 e. The zero-order valence-corrected chi connectivity index (χ0v) is 13.2. The van der Waals surface area contributed by atoms with Gasteiger partial charge in [0.1, 0.15) is 0 Å². The predicted molar refractivity (Wildman–Crippen MR) is 80.0 cm³/mol. The van der Waals surface area contributed by atoms with Gasteiger partial charge in [0.25, 0.3) is 0 Å². The second-order valence-corrected chi connectivity index (χ2v) is 6.16. The Balaban J connectivity index is 2.37. The van der Waals surface area contributed by atoms with Crippen molar-refractivity contribution in [1.29, 1.82) is 0 Å². The lowest BCUT2D eigenvalue weighted by Gasteiger charge is -2.18. The van der Waals surface area contributed by atoms with Crippen LogP contribution in [0.1, 0.15) is 50.9 Å². The molecule has 0 unspecified atom stereocenters. The van der Waals surface area contributed by atoms with Crippen LogP contribution in [0.5, 0.6) is 11.5 Å². The summed E-state index contributed by atoms with van der Waals surface area (Å²) in [5, 5.41) is 0.439. The maximum atomic E-state index is 12.2. The Hall–Kier alpha value is -1.22. The molecule has 20 heavy (non-hydrogen) atoms. The van der Waals surface area contributed by atoms with E-state index in [0.717, 1.165) is 12.8 Å². The SMILES string of the molecule is CC(C)Oc1cc(Cl)c(C(=O)C2CC2)cc1OC(C)C. The number of carbonyl (C=O) groups is 1. The molecule has 0 radical (unpaired) electrons. The fourth-order valence-electron chi connectivity index (χ4n) is 1.98. The molecule has 0 saturated heterocycles. The van der Waals surface area contributed by atoms with Crippen LogP contribution in [0, 0.1) is 5.92 Å². The second kappa shape index (κ2) is 6.04. The van der Waals surface area contributed by atoms with E-state index in [4.69, 9.17) is 21.1 Å². The molecule has 110 valence electrons. The third-order valence-electron chi connectivity index (χ3n) is 2.97. The lowest BCUT2D eigenvalue weighted by molar-refractivity contribution is 0.0967. The van der Waals surface area contributed by atoms with Crippen LogP contribution < -0.4 is 9.47 Å². The molecular formula is C16H21ClO3. The summed E-state index contributed by atoms with van der Waals surface area (Å²) in [4.78, 5) is 12.2. The highest BCUT2D eigenvalue weighted by atomic mass is 35.5. The molecule has 0 aromatic heterocycles. The first-order valence-corrected chi connectivity index (χ1v) is 7.47. The van der Waals surface area contributed by atoms with Crippen LogP contribution in [-0.2, 0) is 0 Å². The van der Waals surface area contributed by atoms with E-state index >= 15 is 0 Å². The summed E-state index contributed by atoms with van der Waals surface area (Å²) in [5.74, 6) is 1.42. The average molecular weight is 297 g/mol. The van der Waals surface area contributed by atoms with Crippen molar-refractivity contribution >= 4 is 17.4 Å². The first kappa shape index (κ1) is 15.2. The van der Waals surface area contributed by atoms with Gasteiger partial charge in [0.05, 0.1) is 17.2 Å². The minimum atomic E-state index is 0.00886. The van der Waals surface area contributed by atoms with Crippen LogP contribution in [0.4, 0.5) is 0 Å². The normalized spacial score (nSPS) is 14.8. The third-order valence-corrected chi connectivity index (χ3v) is 3.29. The largest absolute Gasteiger partial charge is 0.487 e. The topological polar surface area (TPSA) is 35.5 Å². The Morgan fingerprint density at radius 2 is 1.60 bits per heavy atom. The van der Waals surface area contributed by atoms with Crippen LogP contribution in [0.25, 0.3) is 0 Å². The summed E-state index contributed by atoms with van der Waals surface area (Å²) in [6.45, 7) is 7.76. The molecule has 1 fully saturated rings. The Morgan fingerprint density at radius 1 is 1.10 bits per heavy atom. The van der Waals surface area contributed by atoms with E-state index in [9.17, 15) is 4.79 Å². The van der Waals surface area contributed by atoms with E-state index in [1.165, 1.54) is 0 Å². The van der Waals surface area contributed by atoms with E-state index < -0.39 is 0 Å². The summed E-state index contributed by atoms with van der Waals surface area (Å²) in [6.07, 6.45) is 1.94. The zero-order chi connectivity index (χ0) is 14.9. The molecule has 2 rings (SSSR count). The summed E-state index contributed by atoms with van der Waals surface area (Å²) in [5.41, 5.74) is 0.543. The smallest absolute Gasteiger partial charge is 0.167 e. The highest BCUT2D eigenvalue weighted by Crippen LogP contribution is 2.39. The number of benzene rings is 1. The van der Waals surface area contributed by atoms with Crippen LogP contribution in [0.15, 0.2) is 12.1 Å². The third kappa shape index (κ3) is 3.66. The Morgan fingerprint density at radius 3 is 2.05 bits per heavy atom. The molecule has 0 amide bonds. The highest BCUT2D eigenvalue weighted by Gasteiger charge is 2.32. The van der Waals surface area contributed by atoms with Crippen molar-refractivity contribution < 1.29 is 14.3 Å². The molecule has 1 aliphatic carbocycles. The molecule has 1 aromatic carbocycles. The van der Waals surface area contributed by atoms with Gasteiger partial charge in [0.15, 0.2) is 17.3 Å². The van der Waals surface area contributed by atoms with Crippen LogP contribution in [0.3, 0.4) is 0 Å². The maximum absolute atomic E-state index is 12.2. The fourth-order valence-corrected chi connectivity index (χ4v) is 2.23. The molecular weight excluding hydrogens is 276 g/mol. The number of carbonyl (C=O) groups excluding carboxylic acids is 1. The van der Waals surface area contributed by atoms with Crippen molar-refractivity contribution in [3.8, 4) is 11.5 Å². The van der Waals surface area contributed by atoms with E-state index in [2.05, 4.69) is 0 Å². The van der Waals surface area contributed by atoms with Gasteiger partial charge in [0.2, 0.25) is 0 Å². The van der Waals surface area contributed by atoms with Gasteiger partial charge in [-0.3, -0.25) is 4.79 Å². The molecule has 0 N–H and O–H groups in total. The van der Waals surface area contributed by atoms with Crippen LogP contribution in [0.2, 0.25) is 5.02 Å². The Bertz CT molecular complexity index is 505. The zero-order valence-electron chi connectivity index (χ0n) is 12.4. The molecule has 0 heterocycles. The van der Waals surface area contributed by atoms with Gasteiger partial charge in [-0.25, -0.2) is 0 Å². The van der Waals surface area contributed by atoms with Crippen LogP contribution >= 0.6 is 11.6 Å². The van der Waals surface area contributed by atoms with Crippen LogP contribution in [-0.4, -0.2) is 18.0 Å². The first-order valence-electron chi connectivity index (χ1n) is 7.09. The summed E-state index contributed by atoms with van der Waals surface area (Å²) >= 11 is 6.23. The minimum Gasteiger partial charge on any atom is -0.487 e. The number of ketones is 1. The molecule has 0 atom stereocenters. The van der Waals surface area contributed by atoms with E-state index in [1.807, 2.05) is 27.7 Å². The van der Waals surface area contributed by atoms with Crippen molar-refractivity contribution in [2.75, 3.05) is 0 Å². The minimum absolute atomic E-state index is 0.00886. The molecule has 3 nitrogen and oxygen atoms in total. The van der Waals surface area contributed by atoms with Crippen molar-refractivity contribution in [2.45, 2.75) is 52.7 Å². The van der Waals surface area contributed by atoms with E-state index in [1.54, 1.807) is 12.1 Å². The number of halogens is 1. The molecule has 0 spiro atoms. The van der Waals surface area contributed by atoms with Crippen molar-refractivity contribution in [2.24, 2.45) is 5.92 Å². The highest BCUT2D eigenvalue weighted by molar-refractivity contribution is 6.34. The second-order valence-electron chi connectivity index (χ2n) is 5.75. The van der Waals surface area contributed by atoms with E-state index in [-0.39, 0.29) is 23.9 Å². The fraction of sp³-hybridized carbons (Fsp3) is 0.562. The molecule has 1 saturated carbocycles. The van der Waals surface area contributed by atoms with Crippen molar-refractivity contribution in [1.82, 2.24) is 0 Å². The lowest BCUT2D eigenvalue weighted by atomic mass is 10.1. The summed E-state index contributed by atoms with van der Waals surface area (Å²) in [7, 11) is 0. The number of ether oxygens (including phenoxy) is 2. The Kier molecular flexibility index (Phi) is 4.59. The predicted octanol–water partition coefficient (Wildman–Crippen LogP) is 4.51. The van der Waals surface area contributed by atoms with Gasteiger partial charge in [-0.05, 0) is 46.6 Å². The molecule has 0 bridgehead atoms. The van der Waals surface area contributed by atoms with Gasteiger partial charge in [0, 0.05) is 17.5 Å². The standard InChI is InChI=1S/C16H21ClO3/c1-9(2)19-14-7-12(16(18)11-5-6-11)13(17)8-15(14)20-10(3)4/h7-11H,5-6H2,1-4H3. The monoisotopic (exact) mass is 296 g/mol. The number of hydrogen-bond donors (Lipinski definition) is 0. The van der Waals surface area contributed by atoms with Gasteiger partial charge in [-0.2, -0.15) is 0 Å². The van der Waals surface area contributed by atoms with E-state index in [0.29, 0.717) is 22.1 Å². The summed E-state index contributed by atoms with van der Waals surface area (Å²) in [6, 6.07) is 3.41. The quantitative estimate of drug-likeness (QED) is 0.725. The average Bonchev–Trinajstić information content (AvgIpc) is 3.14. The molecule has 4 heteroatoms. The number of Topliss-reactive ketones (excluding diaryl/α,β-unsaturated/α-hetero) is 1. The van der Waals surface area contributed by atoms with Gasteiger partial charge in [-0.1, -0.05) is 11.6 Å². The van der Waals surface area contributed by atoms with Gasteiger partial charge in [-0.15, -0.1) is 0 Å². The first-order chi connectivity index (χ1) is 9.38. The van der Waals surface area contributed by atoms with Crippen molar-refractivity contribution in [3.05, 3.63) is 22.7 Å². The number of hydrogen-bond acceptors (Lipinski definition) is 3. The Labute approximate surface area is 125 Å². The molecule has 1 aromatic rings. The molecule has 0 aliphatic heterocycles. The van der Waals surface area contributed by atoms with Gasteiger partial charge < -0.3 is 9.47 Å². The van der Waals surface area contributed by atoms with Gasteiger partial charge >= 0.3 is 0 Å². The lowest BCUT2D eigenvalue weighted by Crippen LogP contribution is -2.12. The molecule has 1 aliphatic rings. The number of rotatable bonds is 6. The van der Waals surface area contributed by atoms with Crippen molar-refractivity contribution in [3.63, 3.8) is 0 Å².